The van der Waals surface area contributed by atoms with Crippen LogP contribution in [0.3, 0.4) is 0 Å². The summed E-state index contributed by atoms with van der Waals surface area (Å²) in [6, 6.07) is 6.00. The molecule has 0 bridgehead atoms. The molecule has 20 heavy (non-hydrogen) atoms. The number of Topliss-reactive ketones (excluding diaryl/α,β-unsaturated/α-hetero) is 1. The molecule has 3 nitrogen and oxygen atoms in total. The number of benzene rings is 1. The number of rotatable bonds is 4. The number of carbonyl (C=O) groups excluding carboxylic acids is 1. The van der Waals surface area contributed by atoms with Gasteiger partial charge >= 0.3 is 0 Å². The summed E-state index contributed by atoms with van der Waals surface area (Å²) in [5.41, 5.74) is 0.650. The molecule has 0 amide bonds. The van der Waals surface area contributed by atoms with Crippen molar-refractivity contribution >= 4 is 15.6 Å². The van der Waals surface area contributed by atoms with Crippen LogP contribution in [0.1, 0.15) is 31.2 Å². The first-order chi connectivity index (χ1) is 9.36. The minimum absolute atomic E-state index is 0.0175. The van der Waals surface area contributed by atoms with E-state index in [0.717, 1.165) is 12.8 Å². The molecule has 1 aliphatic rings. The van der Waals surface area contributed by atoms with Crippen LogP contribution in [0.5, 0.6) is 0 Å². The maximum Gasteiger partial charge on any atom is 0.150 e. The largest absolute Gasteiger partial charge is 0.299 e. The molecule has 5 heteroatoms. The summed E-state index contributed by atoms with van der Waals surface area (Å²) in [6.07, 6.45) is 3.96. The topological polar surface area (TPSA) is 51.2 Å². The average molecular weight is 298 g/mol. The zero-order valence-electron chi connectivity index (χ0n) is 11.5. The molecule has 2 unspecified atom stereocenters. The third kappa shape index (κ3) is 3.88. The summed E-state index contributed by atoms with van der Waals surface area (Å²) in [4.78, 5) is 12.2. The molecule has 1 aromatic rings. The number of sulfone groups is 1. The highest BCUT2D eigenvalue weighted by atomic mass is 32.2. The van der Waals surface area contributed by atoms with Crippen LogP contribution in [0, 0.1) is 11.7 Å². The molecule has 2 atom stereocenters. The maximum absolute atomic E-state index is 13.1. The number of carbonyl (C=O) groups is 1. The summed E-state index contributed by atoms with van der Waals surface area (Å²) in [7, 11) is -3.08. The van der Waals surface area contributed by atoms with Crippen molar-refractivity contribution in [3.8, 4) is 0 Å². The van der Waals surface area contributed by atoms with Crippen molar-refractivity contribution in [2.45, 2.75) is 37.4 Å². The smallest absolute Gasteiger partial charge is 0.150 e. The summed E-state index contributed by atoms with van der Waals surface area (Å²) >= 11 is 0. The van der Waals surface area contributed by atoms with Gasteiger partial charge in [-0.3, -0.25) is 4.79 Å². The fourth-order valence-corrected chi connectivity index (χ4v) is 4.00. The van der Waals surface area contributed by atoms with Crippen LogP contribution in [0.15, 0.2) is 24.3 Å². The van der Waals surface area contributed by atoms with Gasteiger partial charge in [-0.15, -0.1) is 0 Å². The van der Waals surface area contributed by atoms with Crippen LogP contribution < -0.4 is 0 Å². The third-order valence-corrected chi connectivity index (χ3v) is 5.59. The molecule has 110 valence electrons. The van der Waals surface area contributed by atoms with Crippen LogP contribution in [0.2, 0.25) is 0 Å². The maximum atomic E-state index is 13.1. The van der Waals surface area contributed by atoms with E-state index in [0.29, 0.717) is 18.4 Å². The zero-order chi connectivity index (χ0) is 14.8. The van der Waals surface area contributed by atoms with Gasteiger partial charge in [0.15, 0.2) is 0 Å². The molecular formula is C15H19FO3S. The first kappa shape index (κ1) is 15.2. The summed E-state index contributed by atoms with van der Waals surface area (Å²) < 4.78 is 36.3. The van der Waals surface area contributed by atoms with Gasteiger partial charge in [0.1, 0.15) is 21.4 Å². The number of hydrogen-bond acceptors (Lipinski definition) is 3. The first-order valence-corrected chi connectivity index (χ1v) is 8.78. The van der Waals surface area contributed by atoms with E-state index in [9.17, 15) is 17.6 Å². The lowest BCUT2D eigenvalue weighted by Gasteiger charge is -2.27. The van der Waals surface area contributed by atoms with Crippen molar-refractivity contribution in [1.29, 1.82) is 0 Å². The predicted octanol–water partition coefficient (Wildman–Crippen LogP) is 2.54. The van der Waals surface area contributed by atoms with Gasteiger partial charge < -0.3 is 0 Å². The molecular weight excluding hydrogens is 279 g/mol. The molecule has 0 heterocycles. The van der Waals surface area contributed by atoms with Crippen molar-refractivity contribution in [3.63, 3.8) is 0 Å². The van der Waals surface area contributed by atoms with Crippen molar-refractivity contribution in [2.24, 2.45) is 5.92 Å². The highest BCUT2D eigenvalue weighted by Crippen LogP contribution is 2.29. The van der Waals surface area contributed by atoms with Crippen LogP contribution in [-0.4, -0.2) is 25.7 Å². The second kappa shape index (κ2) is 6.04. The Labute approximate surface area is 119 Å². The fraction of sp³-hybridized carbons (Fsp3) is 0.533. The Balaban J connectivity index is 2.02. The van der Waals surface area contributed by atoms with Crippen LogP contribution >= 0.6 is 0 Å². The van der Waals surface area contributed by atoms with Crippen molar-refractivity contribution in [2.75, 3.05) is 6.26 Å². The SMILES string of the molecule is CS(=O)(=O)C1CCCC(C(=O)Cc2cccc(F)c2)C1. The highest BCUT2D eigenvalue weighted by Gasteiger charge is 2.32. The van der Waals surface area contributed by atoms with Crippen molar-refractivity contribution in [1.82, 2.24) is 0 Å². The normalized spacial score (nSPS) is 23.5. The third-order valence-electron chi connectivity index (χ3n) is 3.95. The summed E-state index contributed by atoms with van der Waals surface area (Å²) in [5.74, 6) is -0.552. The van der Waals surface area contributed by atoms with E-state index in [1.807, 2.05) is 0 Å². The van der Waals surface area contributed by atoms with Gasteiger partial charge in [0, 0.05) is 18.6 Å². The molecule has 0 spiro atoms. The molecule has 2 rings (SSSR count). The Hall–Kier alpha value is -1.23. The molecule has 1 fully saturated rings. The number of ketones is 1. The van der Waals surface area contributed by atoms with Crippen LogP contribution in [0.4, 0.5) is 4.39 Å². The van der Waals surface area contributed by atoms with Gasteiger partial charge in [-0.1, -0.05) is 18.6 Å². The Kier molecular flexibility index (Phi) is 4.58. The van der Waals surface area contributed by atoms with Gasteiger partial charge in [-0.2, -0.15) is 0 Å². The van der Waals surface area contributed by atoms with Crippen molar-refractivity contribution < 1.29 is 17.6 Å². The average Bonchev–Trinajstić information content (AvgIpc) is 2.38. The van der Waals surface area contributed by atoms with Gasteiger partial charge in [0.2, 0.25) is 0 Å². The minimum Gasteiger partial charge on any atom is -0.299 e. The van der Waals surface area contributed by atoms with E-state index in [1.54, 1.807) is 12.1 Å². The monoisotopic (exact) mass is 298 g/mol. The van der Waals surface area contributed by atoms with Gasteiger partial charge in [-0.25, -0.2) is 12.8 Å². The minimum atomic E-state index is -3.08. The fourth-order valence-electron chi connectivity index (χ4n) is 2.82. The summed E-state index contributed by atoms with van der Waals surface area (Å²) in [6.45, 7) is 0. The molecule has 1 aliphatic carbocycles. The van der Waals surface area contributed by atoms with Crippen LogP contribution in [0.25, 0.3) is 0 Å². The van der Waals surface area contributed by atoms with E-state index in [2.05, 4.69) is 0 Å². The summed E-state index contributed by atoms with van der Waals surface area (Å²) in [5, 5.41) is -0.405. The Morgan fingerprint density at radius 2 is 2.10 bits per heavy atom. The molecule has 0 aliphatic heterocycles. The first-order valence-electron chi connectivity index (χ1n) is 6.82. The quantitative estimate of drug-likeness (QED) is 0.858. The molecule has 1 aromatic carbocycles. The van der Waals surface area contributed by atoms with E-state index in [1.165, 1.54) is 18.4 Å². The van der Waals surface area contributed by atoms with Gasteiger partial charge in [0.25, 0.3) is 0 Å². The molecule has 0 N–H and O–H groups in total. The standard InChI is InChI=1S/C15H19FO3S/c1-20(18,19)14-7-3-5-12(10-14)15(17)9-11-4-2-6-13(16)8-11/h2,4,6,8,12,14H,3,5,7,9-10H2,1H3. The number of hydrogen-bond donors (Lipinski definition) is 0. The van der Waals surface area contributed by atoms with E-state index < -0.39 is 15.1 Å². The lowest BCUT2D eigenvalue weighted by atomic mass is 9.84. The molecule has 0 aromatic heterocycles. The second-order valence-electron chi connectivity index (χ2n) is 5.59. The van der Waals surface area contributed by atoms with Gasteiger partial charge in [-0.05, 0) is 37.0 Å². The van der Waals surface area contributed by atoms with Crippen molar-refractivity contribution in [3.05, 3.63) is 35.6 Å². The molecule has 0 radical (unpaired) electrons. The van der Waals surface area contributed by atoms with E-state index >= 15 is 0 Å². The molecule has 0 saturated heterocycles. The Morgan fingerprint density at radius 3 is 2.75 bits per heavy atom. The lowest BCUT2D eigenvalue weighted by molar-refractivity contribution is -0.123. The van der Waals surface area contributed by atoms with Gasteiger partial charge in [0.05, 0.1) is 5.25 Å². The molecule has 1 saturated carbocycles. The predicted molar refractivity (Wildman–Crippen MR) is 75.7 cm³/mol. The number of halogens is 1. The highest BCUT2D eigenvalue weighted by molar-refractivity contribution is 7.91. The Morgan fingerprint density at radius 1 is 1.35 bits per heavy atom. The lowest BCUT2D eigenvalue weighted by Crippen LogP contribution is -2.31. The Bertz CT molecular complexity index is 595. The zero-order valence-corrected chi connectivity index (χ0v) is 12.3. The second-order valence-corrected chi connectivity index (χ2v) is 7.91. The van der Waals surface area contributed by atoms with Crippen LogP contribution in [-0.2, 0) is 21.1 Å². The van der Waals surface area contributed by atoms with E-state index in [4.69, 9.17) is 0 Å². The van der Waals surface area contributed by atoms with E-state index in [-0.39, 0.29) is 23.9 Å².